The molecule has 1 rings (SSSR count). The SMILES string of the molecule is CCN(CCCN(C)C)c1ncc(CNC(C)C)cn1. The summed E-state index contributed by atoms with van der Waals surface area (Å²) >= 11 is 0. The number of rotatable bonds is 9. The minimum absolute atomic E-state index is 0.479. The van der Waals surface area contributed by atoms with Gasteiger partial charge in [-0.15, -0.1) is 0 Å². The standard InChI is InChI=1S/C15H29N5/c1-6-20(9-7-8-19(4)5)15-17-11-14(12-18-15)10-16-13(2)3/h11-13,16H,6-10H2,1-5H3. The van der Waals surface area contributed by atoms with E-state index in [1.807, 2.05) is 12.4 Å². The van der Waals surface area contributed by atoms with Gasteiger partial charge in [0.15, 0.2) is 0 Å². The zero-order chi connectivity index (χ0) is 15.0. The molecule has 1 aromatic heterocycles. The number of nitrogens with one attached hydrogen (secondary N) is 1. The second-order valence-electron chi connectivity index (χ2n) is 5.66. The fraction of sp³-hybridized carbons (Fsp3) is 0.733. The zero-order valence-corrected chi connectivity index (χ0v) is 13.6. The maximum atomic E-state index is 4.49. The van der Waals surface area contributed by atoms with Crippen LogP contribution >= 0.6 is 0 Å². The molecule has 0 aromatic carbocycles. The van der Waals surface area contributed by atoms with E-state index in [4.69, 9.17) is 0 Å². The summed E-state index contributed by atoms with van der Waals surface area (Å²) in [5, 5.41) is 3.37. The van der Waals surface area contributed by atoms with Gasteiger partial charge in [-0.25, -0.2) is 9.97 Å². The lowest BCUT2D eigenvalue weighted by molar-refractivity contribution is 0.400. The van der Waals surface area contributed by atoms with E-state index in [1.54, 1.807) is 0 Å². The molecule has 114 valence electrons. The van der Waals surface area contributed by atoms with Crippen molar-refractivity contribution in [2.45, 2.75) is 39.8 Å². The Labute approximate surface area is 123 Å². The van der Waals surface area contributed by atoms with Gasteiger partial charge in [0.25, 0.3) is 0 Å². The van der Waals surface area contributed by atoms with Crippen molar-refractivity contribution in [1.82, 2.24) is 20.2 Å². The molecule has 0 unspecified atom stereocenters. The molecular formula is C15H29N5. The van der Waals surface area contributed by atoms with Gasteiger partial charge in [-0.1, -0.05) is 13.8 Å². The Morgan fingerprint density at radius 2 is 1.80 bits per heavy atom. The van der Waals surface area contributed by atoms with Crippen LogP contribution in [0.25, 0.3) is 0 Å². The summed E-state index contributed by atoms with van der Waals surface area (Å²) in [7, 11) is 4.20. The summed E-state index contributed by atoms with van der Waals surface area (Å²) in [6.45, 7) is 10.3. The predicted molar refractivity (Wildman–Crippen MR) is 85.1 cm³/mol. The van der Waals surface area contributed by atoms with Crippen molar-refractivity contribution in [3.05, 3.63) is 18.0 Å². The Bertz CT molecular complexity index is 361. The van der Waals surface area contributed by atoms with E-state index >= 15 is 0 Å². The van der Waals surface area contributed by atoms with Gasteiger partial charge in [0, 0.05) is 43.6 Å². The Kier molecular flexibility index (Phi) is 7.47. The molecule has 0 saturated carbocycles. The first-order chi connectivity index (χ1) is 9.52. The van der Waals surface area contributed by atoms with Crippen LogP contribution in [-0.4, -0.2) is 54.6 Å². The van der Waals surface area contributed by atoms with E-state index in [9.17, 15) is 0 Å². The molecule has 1 aromatic rings. The highest BCUT2D eigenvalue weighted by Crippen LogP contribution is 2.08. The van der Waals surface area contributed by atoms with Gasteiger partial charge in [-0.3, -0.25) is 0 Å². The van der Waals surface area contributed by atoms with Crippen LogP contribution in [0, 0.1) is 0 Å². The minimum atomic E-state index is 0.479. The van der Waals surface area contributed by atoms with Crippen molar-refractivity contribution in [3.63, 3.8) is 0 Å². The quantitative estimate of drug-likeness (QED) is 0.746. The van der Waals surface area contributed by atoms with Crippen molar-refractivity contribution in [3.8, 4) is 0 Å². The van der Waals surface area contributed by atoms with E-state index < -0.39 is 0 Å². The lowest BCUT2D eigenvalue weighted by Crippen LogP contribution is -2.28. The first-order valence-corrected chi connectivity index (χ1v) is 7.47. The van der Waals surface area contributed by atoms with E-state index in [-0.39, 0.29) is 0 Å². The smallest absolute Gasteiger partial charge is 0.225 e. The molecule has 0 amide bonds. The molecule has 0 bridgehead atoms. The number of nitrogens with zero attached hydrogens (tertiary/aromatic N) is 4. The molecule has 1 N–H and O–H groups in total. The van der Waals surface area contributed by atoms with Crippen molar-refractivity contribution >= 4 is 5.95 Å². The Balaban J connectivity index is 2.51. The van der Waals surface area contributed by atoms with E-state index in [1.165, 1.54) is 0 Å². The van der Waals surface area contributed by atoms with Gasteiger partial charge in [0.1, 0.15) is 0 Å². The largest absolute Gasteiger partial charge is 0.341 e. The molecule has 0 aliphatic carbocycles. The van der Waals surface area contributed by atoms with Crippen LogP contribution in [0.5, 0.6) is 0 Å². The van der Waals surface area contributed by atoms with Crippen molar-refractivity contribution in [2.75, 3.05) is 38.6 Å². The maximum Gasteiger partial charge on any atom is 0.225 e. The lowest BCUT2D eigenvalue weighted by atomic mass is 10.3. The molecule has 0 radical (unpaired) electrons. The maximum absolute atomic E-state index is 4.49. The van der Waals surface area contributed by atoms with Crippen molar-refractivity contribution < 1.29 is 0 Å². The molecule has 0 atom stereocenters. The third-order valence-corrected chi connectivity index (χ3v) is 3.10. The highest BCUT2D eigenvalue weighted by Gasteiger charge is 2.07. The third-order valence-electron chi connectivity index (χ3n) is 3.10. The second kappa shape index (κ2) is 8.87. The van der Waals surface area contributed by atoms with Crippen LogP contribution in [0.4, 0.5) is 5.95 Å². The van der Waals surface area contributed by atoms with Crippen LogP contribution in [0.15, 0.2) is 12.4 Å². The Hall–Kier alpha value is -1.20. The van der Waals surface area contributed by atoms with Crippen molar-refractivity contribution in [2.24, 2.45) is 0 Å². The van der Waals surface area contributed by atoms with Gasteiger partial charge in [-0.05, 0) is 34.0 Å². The first kappa shape index (κ1) is 16.9. The molecular weight excluding hydrogens is 250 g/mol. The molecule has 0 spiro atoms. The Morgan fingerprint density at radius 3 is 2.30 bits per heavy atom. The number of anilines is 1. The fourth-order valence-electron chi connectivity index (χ4n) is 1.90. The van der Waals surface area contributed by atoms with Gasteiger partial charge in [0.2, 0.25) is 5.95 Å². The van der Waals surface area contributed by atoms with Crippen molar-refractivity contribution in [1.29, 1.82) is 0 Å². The van der Waals surface area contributed by atoms with Gasteiger partial charge in [0.05, 0.1) is 0 Å². The predicted octanol–water partition coefficient (Wildman–Crippen LogP) is 1.75. The molecule has 5 nitrogen and oxygen atoms in total. The third kappa shape index (κ3) is 6.30. The average Bonchev–Trinajstić information content (AvgIpc) is 2.42. The van der Waals surface area contributed by atoms with Crippen LogP contribution in [0.2, 0.25) is 0 Å². The molecule has 0 aliphatic rings. The molecule has 0 saturated heterocycles. The normalized spacial score (nSPS) is 11.3. The summed E-state index contributed by atoms with van der Waals surface area (Å²) in [5.74, 6) is 0.833. The number of aromatic nitrogens is 2. The highest BCUT2D eigenvalue weighted by molar-refractivity contribution is 5.29. The first-order valence-electron chi connectivity index (χ1n) is 7.47. The second-order valence-corrected chi connectivity index (χ2v) is 5.66. The van der Waals surface area contributed by atoms with Crippen LogP contribution in [0.3, 0.4) is 0 Å². The van der Waals surface area contributed by atoms with E-state index in [2.05, 4.69) is 60.0 Å². The molecule has 0 fully saturated rings. The zero-order valence-electron chi connectivity index (χ0n) is 13.6. The highest BCUT2D eigenvalue weighted by atomic mass is 15.2. The molecule has 20 heavy (non-hydrogen) atoms. The summed E-state index contributed by atoms with van der Waals surface area (Å²) < 4.78 is 0. The number of hydrogen-bond acceptors (Lipinski definition) is 5. The summed E-state index contributed by atoms with van der Waals surface area (Å²) in [6.07, 6.45) is 4.97. The molecule has 5 heteroatoms. The summed E-state index contributed by atoms with van der Waals surface area (Å²) in [5.41, 5.74) is 1.13. The summed E-state index contributed by atoms with van der Waals surface area (Å²) in [4.78, 5) is 13.4. The number of hydrogen-bond donors (Lipinski definition) is 1. The lowest BCUT2D eigenvalue weighted by Gasteiger charge is -2.21. The van der Waals surface area contributed by atoms with Gasteiger partial charge >= 0.3 is 0 Å². The van der Waals surface area contributed by atoms with Crippen LogP contribution in [-0.2, 0) is 6.54 Å². The van der Waals surface area contributed by atoms with E-state index in [0.717, 1.165) is 44.1 Å². The summed E-state index contributed by atoms with van der Waals surface area (Å²) in [6, 6.07) is 0.479. The Morgan fingerprint density at radius 1 is 1.15 bits per heavy atom. The fourth-order valence-corrected chi connectivity index (χ4v) is 1.90. The average molecular weight is 279 g/mol. The van der Waals surface area contributed by atoms with Gasteiger partial charge in [-0.2, -0.15) is 0 Å². The monoisotopic (exact) mass is 279 g/mol. The minimum Gasteiger partial charge on any atom is -0.341 e. The van der Waals surface area contributed by atoms with Crippen LogP contribution in [0.1, 0.15) is 32.8 Å². The topological polar surface area (TPSA) is 44.3 Å². The van der Waals surface area contributed by atoms with Gasteiger partial charge < -0.3 is 15.1 Å². The molecule has 0 aliphatic heterocycles. The van der Waals surface area contributed by atoms with Crippen LogP contribution < -0.4 is 10.2 Å². The molecule has 1 heterocycles. The van der Waals surface area contributed by atoms with E-state index in [0.29, 0.717) is 6.04 Å².